The predicted molar refractivity (Wildman–Crippen MR) is 252 cm³/mol. The van der Waals surface area contributed by atoms with Crippen molar-refractivity contribution in [3.63, 3.8) is 0 Å². The van der Waals surface area contributed by atoms with Crippen LogP contribution in [0.5, 0.6) is 0 Å². The second-order valence-corrected chi connectivity index (χ2v) is 19.6. The average Bonchev–Trinajstić information content (AvgIpc) is 3.19. The smallest absolute Gasteiger partial charge is 0.306 e. The number of carbonyl (C=O) groups is 3. The normalized spacial score (nSPS) is 12.2. The van der Waals surface area contributed by atoms with E-state index in [0.717, 1.165) is 75.5 Å². The lowest BCUT2D eigenvalue weighted by atomic mass is 10.0. The molecule has 59 heavy (non-hydrogen) atoms. The molecular weight excluding hydrogens is 733 g/mol. The molecule has 0 aromatic heterocycles. The topological polar surface area (TPSA) is 78.9 Å². The summed E-state index contributed by atoms with van der Waals surface area (Å²) < 4.78 is 16.8. The first-order valence-electron chi connectivity index (χ1n) is 26.1. The first kappa shape index (κ1) is 57.4. The molecule has 0 amide bonds. The zero-order valence-electron chi connectivity index (χ0n) is 40.5. The third-order valence-electron chi connectivity index (χ3n) is 11.9. The summed E-state index contributed by atoms with van der Waals surface area (Å²) in [6.07, 6.45) is 43.8. The van der Waals surface area contributed by atoms with Gasteiger partial charge in [-0.05, 0) is 37.0 Å². The minimum atomic E-state index is -0.763. The van der Waals surface area contributed by atoms with E-state index in [0.29, 0.717) is 19.3 Å². The van der Waals surface area contributed by atoms with Crippen molar-refractivity contribution in [2.24, 2.45) is 17.8 Å². The Kier molecular flexibility index (Phi) is 43.3. The van der Waals surface area contributed by atoms with Crippen molar-refractivity contribution in [1.82, 2.24) is 0 Å². The zero-order valence-corrected chi connectivity index (χ0v) is 40.5. The summed E-state index contributed by atoms with van der Waals surface area (Å²) in [5, 5.41) is 0. The number of rotatable bonds is 46. The highest BCUT2D eigenvalue weighted by molar-refractivity contribution is 5.71. The van der Waals surface area contributed by atoms with Gasteiger partial charge in [-0.15, -0.1) is 0 Å². The first-order chi connectivity index (χ1) is 28.6. The van der Waals surface area contributed by atoms with Crippen LogP contribution in [0.15, 0.2) is 0 Å². The van der Waals surface area contributed by atoms with E-state index in [9.17, 15) is 14.4 Å². The van der Waals surface area contributed by atoms with Crippen molar-refractivity contribution < 1.29 is 28.6 Å². The van der Waals surface area contributed by atoms with Gasteiger partial charge in [-0.1, -0.05) is 247 Å². The Morgan fingerprint density at radius 2 is 0.492 bits per heavy atom. The van der Waals surface area contributed by atoms with Crippen molar-refractivity contribution >= 4 is 17.9 Å². The molecule has 0 saturated carbocycles. The Balaban J connectivity index is 4.29. The Bertz CT molecular complexity index is 914. The summed E-state index contributed by atoms with van der Waals surface area (Å²) >= 11 is 0. The highest BCUT2D eigenvalue weighted by Crippen LogP contribution is 2.18. The SMILES string of the molecule is CC(C)CCCCCCCCCCCCCCCC(=O)O[C@H](COC(=O)CCCCCCCCCCCCCCC(C)C)COC(=O)CCCCCCCCCC(C)C. The summed E-state index contributed by atoms with van der Waals surface area (Å²) in [6.45, 7) is 13.7. The Labute approximate surface area is 368 Å². The van der Waals surface area contributed by atoms with Crippen LogP contribution in [-0.4, -0.2) is 37.2 Å². The van der Waals surface area contributed by atoms with Crippen LogP contribution in [0.2, 0.25) is 0 Å². The fraction of sp³-hybridized carbons (Fsp3) is 0.943. The van der Waals surface area contributed by atoms with E-state index in [1.54, 1.807) is 0 Å². The molecule has 1 atom stereocenters. The van der Waals surface area contributed by atoms with Crippen LogP contribution in [0.3, 0.4) is 0 Å². The number of carbonyl (C=O) groups excluding carboxylic acids is 3. The van der Waals surface area contributed by atoms with Gasteiger partial charge in [-0.25, -0.2) is 0 Å². The van der Waals surface area contributed by atoms with E-state index in [2.05, 4.69) is 41.5 Å². The lowest BCUT2D eigenvalue weighted by Gasteiger charge is -2.18. The van der Waals surface area contributed by atoms with Crippen LogP contribution in [0.1, 0.15) is 286 Å². The number of esters is 3. The molecule has 0 unspecified atom stereocenters. The maximum atomic E-state index is 12.8. The van der Waals surface area contributed by atoms with Crippen molar-refractivity contribution in [3.8, 4) is 0 Å². The monoisotopic (exact) mass is 835 g/mol. The maximum Gasteiger partial charge on any atom is 0.306 e. The Hall–Kier alpha value is -1.59. The lowest BCUT2D eigenvalue weighted by molar-refractivity contribution is -0.167. The average molecular weight is 835 g/mol. The second kappa shape index (κ2) is 44.5. The minimum absolute atomic E-state index is 0.0650. The van der Waals surface area contributed by atoms with Gasteiger partial charge in [0.1, 0.15) is 13.2 Å². The molecule has 0 aromatic carbocycles. The number of ether oxygens (including phenoxy) is 3. The van der Waals surface area contributed by atoms with Crippen LogP contribution >= 0.6 is 0 Å². The molecule has 0 fully saturated rings. The van der Waals surface area contributed by atoms with Gasteiger partial charge in [0.15, 0.2) is 6.10 Å². The quantitative estimate of drug-likeness (QED) is 0.0345. The molecule has 6 nitrogen and oxygen atoms in total. The summed E-state index contributed by atoms with van der Waals surface area (Å²) in [7, 11) is 0. The standard InChI is InChI=1S/C53H102O6/c1-47(2)39-33-27-21-16-12-8-7-9-15-19-25-32-38-44-53(56)59-50(46-58-52(55)43-37-31-26-20-23-29-35-41-49(5)6)45-57-51(54)42-36-30-24-18-14-11-10-13-17-22-28-34-40-48(3)4/h47-50H,7-46H2,1-6H3/t50-/m1/s1. The molecule has 0 radical (unpaired) electrons. The minimum Gasteiger partial charge on any atom is -0.462 e. The van der Waals surface area contributed by atoms with Crippen LogP contribution in [0.4, 0.5) is 0 Å². The van der Waals surface area contributed by atoms with Gasteiger partial charge in [0, 0.05) is 19.3 Å². The van der Waals surface area contributed by atoms with E-state index in [1.165, 1.54) is 167 Å². The van der Waals surface area contributed by atoms with Gasteiger partial charge < -0.3 is 14.2 Å². The van der Waals surface area contributed by atoms with Crippen LogP contribution in [0, 0.1) is 17.8 Å². The summed E-state index contributed by atoms with van der Waals surface area (Å²) in [4.78, 5) is 37.9. The van der Waals surface area contributed by atoms with E-state index >= 15 is 0 Å². The van der Waals surface area contributed by atoms with E-state index < -0.39 is 6.10 Å². The molecule has 0 aliphatic rings. The van der Waals surface area contributed by atoms with Gasteiger partial charge in [0.05, 0.1) is 0 Å². The molecule has 0 spiro atoms. The Morgan fingerprint density at radius 1 is 0.288 bits per heavy atom. The van der Waals surface area contributed by atoms with Crippen molar-refractivity contribution in [2.75, 3.05) is 13.2 Å². The third kappa shape index (κ3) is 47.3. The molecule has 6 heteroatoms. The van der Waals surface area contributed by atoms with Crippen molar-refractivity contribution in [1.29, 1.82) is 0 Å². The van der Waals surface area contributed by atoms with E-state index in [1.807, 2.05) is 0 Å². The predicted octanol–water partition coefficient (Wildman–Crippen LogP) is 16.8. The lowest BCUT2D eigenvalue weighted by Crippen LogP contribution is -2.30. The zero-order chi connectivity index (χ0) is 43.4. The third-order valence-corrected chi connectivity index (χ3v) is 11.9. The number of hydrogen-bond donors (Lipinski definition) is 0. The summed E-state index contributed by atoms with van der Waals surface area (Å²) in [6, 6.07) is 0. The van der Waals surface area contributed by atoms with Gasteiger partial charge in [0.2, 0.25) is 0 Å². The second-order valence-electron chi connectivity index (χ2n) is 19.6. The molecular formula is C53H102O6. The summed E-state index contributed by atoms with van der Waals surface area (Å²) in [5.74, 6) is 1.60. The van der Waals surface area contributed by atoms with E-state index in [4.69, 9.17) is 14.2 Å². The van der Waals surface area contributed by atoms with Crippen LogP contribution < -0.4 is 0 Å². The molecule has 0 aliphatic carbocycles. The molecule has 0 N–H and O–H groups in total. The molecule has 0 bridgehead atoms. The highest BCUT2D eigenvalue weighted by Gasteiger charge is 2.19. The van der Waals surface area contributed by atoms with Gasteiger partial charge in [0.25, 0.3) is 0 Å². The summed E-state index contributed by atoms with van der Waals surface area (Å²) in [5.41, 5.74) is 0. The van der Waals surface area contributed by atoms with Crippen molar-refractivity contribution in [2.45, 2.75) is 292 Å². The van der Waals surface area contributed by atoms with Crippen LogP contribution in [-0.2, 0) is 28.6 Å². The largest absolute Gasteiger partial charge is 0.462 e. The molecule has 0 rings (SSSR count). The van der Waals surface area contributed by atoms with Gasteiger partial charge in [-0.2, -0.15) is 0 Å². The molecule has 0 aromatic rings. The van der Waals surface area contributed by atoms with Gasteiger partial charge >= 0.3 is 17.9 Å². The van der Waals surface area contributed by atoms with Crippen LogP contribution in [0.25, 0.3) is 0 Å². The fourth-order valence-corrected chi connectivity index (χ4v) is 7.94. The number of unbranched alkanes of at least 4 members (excludes halogenated alkanes) is 29. The highest BCUT2D eigenvalue weighted by atomic mass is 16.6. The molecule has 0 heterocycles. The van der Waals surface area contributed by atoms with Gasteiger partial charge in [-0.3, -0.25) is 14.4 Å². The molecule has 350 valence electrons. The maximum absolute atomic E-state index is 12.8. The number of hydrogen-bond acceptors (Lipinski definition) is 6. The van der Waals surface area contributed by atoms with E-state index in [-0.39, 0.29) is 31.1 Å². The molecule has 0 aliphatic heterocycles. The van der Waals surface area contributed by atoms with Crippen molar-refractivity contribution in [3.05, 3.63) is 0 Å². The Morgan fingerprint density at radius 3 is 0.729 bits per heavy atom. The fourth-order valence-electron chi connectivity index (χ4n) is 7.94. The molecule has 0 saturated heterocycles. The first-order valence-corrected chi connectivity index (χ1v) is 26.1.